The molecule has 6 heteroatoms. The van der Waals surface area contributed by atoms with E-state index in [0.29, 0.717) is 11.7 Å². The molecule has 25 heavy (non-hydrogen) atoms. The highest BCUT2D eigenvalue weighted by Crippen LogP contribution is 2.26. The molecule has 1 saturated heterocycles. The molecule has 0 bridgehead atoms. The van der Waals surface area contributed by atoms with Gasteiger partial charge >= 0.3 is 0 Å². The molecular formula is C19H26N4OS. The number of fused-ring (bicyclic) bond motifs is 1. The molecule has 2 aliphatic rings. The van der Waals surface area contributed by atoms with E-state index in [1.54, 1.807) is 11.3 Å². The number of carbonyl (C=O) groups is 1. The van der Waals surface area contributed by atoms with Crippen LogP contribution in [0, 0.1) is 0 Å². The third kappa shape index (κ3) is 3.51. The molecule has 0 aromatic carbocycles. The summed E-state index contributed by atoms with van der Waals surface area (Å²) < 4.78 is 1.93. The second-order valence-corrected chi connectivity index (χ2v) is 8.18. The smallest absolute Gasteiger partial charge is 0.274 e. The average Bonchev–Trinajstić information content (AvgIpc) is 3.28. The highest BCUT2D eigenvalue weighted by Gasteiger charge is 2.30. The van der Waals surface area contributed by atoms with Crippen LogP contribution < -0.4 is 5.32 Å². The van der Waals surface area contributed by atoms with Gasteiger partial charge in [-0.2, -0.15) is 5.10 Å². The van der Waals surface area contributed by atoms with Crippen LogP contribution >= 0.6 is 11.3 Å². The molecule has 134 valence electrons. The number of amides is 1. The van der Waals surface area contributed by atoms with Crippen molar-refractivity contribution in [2.45, 2.75) is 51.1 Å². The van der Waals surface area contributed by atoms with Crippen LogP contribution in [0.4, 0.5) is 0 Å². The van der Waals surface area contributed by atoms with Crippen molar-refractivity contribution >= 4 is 17.2 Å². The van der Waals surface area contributed by atoms with Gasteiger partial charge in [0.05, 0.1) is 0 Å². The number of likely N-dealkylation sites (tertiary alicyclic amines) is 1. The zero-order chi connectivity index (χ0) is 17.2. The van der Waals surface area contributed by atoms with Crippen molar-refractivity contribution in [3.05, 3.63) is 39.3 Å². The van der Waals surface area contributed by atoms with Gasteiger partial charge in [-0.05, 0) is 50.0 Å². The number of rotatable bonds is 4. The Morgan fingerprint density at radius 1 is 1.36 bits per heavy atom. The molecule has 1 N–H and O–H groups in total. The molecule has 0 saturated carbocycles. The molecule has 2 aromatic heterocycles. The molecule has 3 heterocycles. The summed E-state index contributed by atoms with van der Waals surface area (Å²) in [5.74, 6) is 0.135. The van der Waals surface area contributed by atoms with E-state index in [4.69, 9.17) is 0 Å². The molecule has 1 fully saturated rings. The SMILES string of the molecule is Cn1nc(C(=O)N2CCCCC2)c2c1CCC(NCc1cccs1)C2. The van der Waals surface area contributed by atoms with Crippen LogP contribution in [0.25, 0.3) is 0 Å². The Bertz CT molecular complexity index is 731. The third-order valence-corrected chi connectivity index (χ3v) is 6.32. The van der Waals surface area contributed by atoms with E-state index in [9.17, 15) is 4.79 Å². The third-order valence-electron chi connectivity index (χ3n) is 5.45. The summed E-state index contributed by atoms with van der Waals surface area (Å²) in [5, 5.41) is 10.4. The summed E-state index contributed by atoms with van der Waals surface area (Å²) in [6, 6.07) is 4.69. The molecule has 0 radical (unpaired) electrons. The Labute approximate surface area is 153 Å². The molecule has 1 unspecified atom stereocenters. The van der Waals surface area contributed by atoms with Crippen LogP contribution in [0.15, 0.2) is 17.5 Å². The van der Waals surface area contributed by atoms with E-state index in [1.165, 1.54) is 22.6 Å². The van der Waals surface area contributed by atoms with Crippen LogP contribution in [-0.2, 0) is 26.4 Å². The average molecular weight is 359 g/mol. The van der Waals surface area contributed by atoms with Crippen LogP contribution in [0.1, 0.15) is 52.3 Å². The van der Waals surface area contributed by atoms with Crippen molar-refractivity contribution in [1.29, 1.82) is 0 Å². The van der Waals surface area contributed by atoms with Gasteiger partial charge in [0.2, 0.25) is 0 Å². The largest absolute Gasteiger partial charge is 0.337 e. The summed E-state index contributed by atoms with van der Waals surface area (Å²) in [5.41, 5.74) is 3.12. The maximum absolute atomic E-state index is 13.0. The summed E-state index contributed by atoms with van der Waals surface area (Å²) in [7, 11) is 1.98. The Hall–Kier alpha value is -1.66. The minimum absolute atomic E-state index is 0.135. The number of aryl methyl sites for hydroxylation is 1. The number of carbonyl (C=O) groups excluding carboxylic acids is 1. The minimum Gasteiger partial charge on any atom is -0.337 e. The Balaban J connectivity index is 1.49. The Morgan fingerprint density at radius 2 is 2.20 bits per heavy atom. The van der Waals surface area contributed by atoms with E-state index >= 15 is 0 Å². The molecule has 5 nitrogen and oxygen atoms in total. The molecule has 1 atom stereocenters. The van der Waals surface area contributed by atoms with E-state index in [0.717, 1.165) is 51.7 Å². The lowest BCUT2D eigenvalue weighted by atomic mass is 9.91. The quantitative estimate of drug-likeness (QED) is 0.914. The minimum atomic E-state index is 0.135. The zero-order valence-electron chi connectivity index (χ0n) is 14.8. The van der Waals surface area contributed by atoms with E-state index in [1.807, 2.05) is 16.6 Å². The van der Waals surface area contributed by atoms with Crippen molar-refractivity contribution in [1.82, 2.24) is 20.0 Å². The topological polar surface area (TPSA) is 50.2 Å². The summed E-state index contributed by atoms with van der Waals surface area (Å²) in [6.07, 6.45) is 6.48. The van der Waals surface area contributed by atoms with Gasteiger partial charge in [-0.15, -0.1) is 11.3 Å². The number of hydrogen-bond donors (Lipinski definition) is 1. The first kappa shape index (κ1) is 16.8. The Morgan fingerprint density at radius 3 is 2.96 bits per heavy atom. The fourth-order valence-corrected chi connectivity index (χ4v) is 4.70. The molecule has 4 rings (SSSR count). The number of thiophene rings is 1. The first-order chi connectivity index (χ1) is 12.2. The molecular weight excluding hydrogens is 332 g/mol. The molecule has 1 aliphatic carbocycles. The number of hydrogen-bond acceptors (Lipinski definition) is 4. The summed E-state index contributed by atoms with van der Waals surface area (Å²) >= 11 is 1.79. The van der Waals surface area contributed by atoms with Gasteiger partial charge in [0.15, 0.2) is 5.69 Å². The molecule has 1 aliphatic heterocycles. The van der Waals surface area contributed by atoms with E-state index < -0.39 is 0 Å². The lowest BCUT2D eigenvalue weighted by Crippen LogP contribution is -2.38. The summed E-state index contributed by atoms with van der Waals surface area (Å²) in [6.45, 7) is 2.67. The fraction of sp³-hybridized carbons (Fsp3) is 0.579. The lowest BCUT2D eigenvalue weighted by molar-refractivity contribution is 0.0716. The highest BCUT2D eigenvalue weighted by atomic mass is 32.1. The fourth-order valence-electron chi connectivity index (χ4n) is 4.04. The number of piperidine rings is 1. The Kier molecular flexibility index (Phi) is 4.90. The maximum Gasteiger partial charge on any atom is 0.274 e. The lowest BCUT2D eigenvalue weighted by Gasteiger charge is -2.27. The van der Waals surface area contributed by atoms with Crippen molar-refractivity contribution < 1.29 is 4.79 Å². The highest BCUT2D eigenvalue weighted by molar-refractivity contribution is 7.09. The van der Waals surface area contributed by atoms with Crippen molar-refractivity contribution in [3.63, 3.8) is 0 Å². The first-order valence-electron chi connectivity index (χ1n) is 9.32. The van der Waals surface area contributed by atoms with E-state index in [2.05, 4.69) is 27.9 Å². The molecule has 2 aromatic rings. The second-order valence-electron chi connectivity index (χ2n) is 7.15. The van der Waals surface area contributed by atoms with Crippen LogP contribution in [0.2, 0.25) is 0 Å². The van der Waals surface area contributed by atoms with E-state index in [-0.39, 0.29) is 5.91 Å². The normalized spacial score (nSPS) is 20.5. The molecule has 0 spiro atoms. The summed E-state index contributed by atoms with van der Waals surface area (Å²) in [4.78, 5) is 16.3. The van der Waals surface area contributed by atoms with Crippen LogP contribution in [-0.4, -0.2) is 39.7 Å². The predicted octanol–water partition coefficient (Wildman–Crippen LogP) is 2.75. The standard InChI is InChI=1S/C19H26N4OS/c1-22-17-8-7-14(20-13-15-6-5-11-25-15)12-16(17)18(21-22)19(24)23-9-3-2-4-10-23/h5-6,11,14,20H,2-4,7-10,12-13H2,1H3. The zero-order valence-corrected chi connectivity index (χ0v) is 15.6. The van der Waals surface area contributed by atoms with Crippen LogP contribution in [0.5, 0.6) is 0 Å². The maximum atomic E-state index is 13.0. The monoisotopic (exact) mass is 358 g/mol. The second kappa shape index (κ2) is 7.30. The number of aromatic nitrogens is 2. The van der Waals surface area contributed by atoms with Gasteiger partial charge in [-0.3, -0.25) is 9.48 Å². The molecule has 1 amide bonds. The van der Waals surface area contributed by atoms with Gasteiger partial charge < -0.3 is 10.2 Å². The van der Waals surface area contributed by atoms with Gasteiger partial charge in [0, 0.05) is 48.9 Å². The first-order valence-corrected chi connectivity index (χ1v) is 10.2. The van der Waals surface area contributed by atoms with Crippen LogP contribution in [0.3, 0.4) is 0 Å². The van der Waals surface area contributed by atoms with Gasteiger partial charge in [0.25, 0.3) is 5.91 Å². The number of nitrogens with one attached hydrogen (secondary N) is 1. The van der Waals surface area contributed by atoms with Gasteiger partial charge in [-0.25, -0.2) is 0 Å². The van der Waals surface area contributed by atoms with Crippen molar-refractivity contribution in [2.75, 3.05) is 13.1 Å². The van der Waals surface area contributed by atoms with Crippen molar-refractivity contribution in [2.24, 2.45) is 7.05 Å². The van der Waals surface area contributed by atoms with Gasteiger partial charge in [-0.1, -0.05) is 6.07 Å². The predicted molar refractivity (Wildman–Crippen MR) is 99.9 cm³/mol. The number of nitrogens with zero attached hydrogens (tertiary/aromatic N) is 3. The van der Waals surface area contributed by atoms with Crippen molar-refractivity contribution in [3.8, 4) is 0 Å². The van der Waals surface area contributed by atoms with Gasteiger partial charge in [0.1, 0.15) is 0 Å².